The maximum atomic E-state index is 9.14. The Labute approximate surface area is 80.3 Å². The first-order valence-electron chi connectivity index (χ1n) is 5.29. The molecule has 13 heavy (non-hydrogen) atoms. The van der Waals surface area contributed by atoms with E-state index in [1.54, 1.807) is 0 Å². The topological polar surface area (TPSA) is 26.7 Å². The van der Waals surface area contributed by atoms with Crippen molar-refractivity contribution in [2.75, 3.05) is 32.7 Å². The van der Waals surface area contributed by atoms with Crippen LogP contribution in [0.15, 0.2) is 0 Å². The quantitative estimate of drug-likeness (QED) is 0.669. The molecule has 0 aromatic heterocycles. The zero-order valence-corrected chi connectivity index (χ0v) is 8.61. The molecule has 76 valence electrons. The molecule has 0 aromatic rings. The number of rotatable bonds is 3. The van der Waals surface area contributed by atoms with Gasteiger partial charge in [0.1, 0.15) is 0 Å². The van der Waals surface area contributed by atoms with E-state index in [4.69, 9.17) is 5.11 Å². The Balaban J connectivity index is 1.62. The normalized spacial score (nSPS) is 27.7. The summed E-state index contributed by atoms with van der Waals surface area (Å²) in [7, 11) is 0. The Morgan fingerprint density at radius 1 is 1.23 bits per heavy atom. The van der Waals surface area contributed by atoms with Gasteiger partial charge in [0, 0.05) is 38.8 Å². The van der Waals surface area contributed by atoms with E-state index < -0.39 is 0 Å². The van der Waals surface area contributed by atoms with Gasteiger partial charge in [0.05, 0.1) is 6.10 Å². The summed E-state index contributed by atoms with van der Waals surface area (Å²) in [6.45, 7) is 9.99. The molecule has 0 spiro atoms. The molecule has 3 heteroatoms. The van der Waals surface area contributed by atoms with E-state index in [1.807, 2.05) is 0 Å². The molecule has 0 amide bonds. The zero-order valence-electron chi connectivity index (χ0n) is 8.61. The van der Waals surface area contributed by atoms with E-state index >= 15 is 0 Å². The molecule has 2 aliphatic heterocycles. The predicted octanol–water partition coefficient (Wildman–Crippen LogP) is 0.00310. The molecule has 0 atom stereocenters. The fourth-order valence-electron chi connectivity index (χ4n) is 2.23. The van der Waals surface area contributed by atoms with Crippen molar-refractivity contribution in [1.82, 2.24) is 9.80 Å². The van der Waals surface area contributed by atoms with Gasteiger partial charge in [-0.2, -0.15) is 0 Å². The molecule has 0 aliphatic carbocycles. The van der Waals surface area contributed by atoms with E-state index in [-0.39, 0.29) is 6.10 Å². The average molecular weight is 184 g/mol. The van der Waals surface area contributed by atoms with Gasteiger partial charge in [-0.25, -0.2) is 0 Å². The van der Waals surface area contributed by atoms with E-state index in [1.165, 1.54) is 19.6 Å². The van der Waals surface area contributed by atoms with Gasteiger partial charge in [-0.15, -0.1) is 0 Å². The van der Waals surface area contributed by atoms with Crippen LogP contribution in [0.2, 0.25) is 0 Å². The number of hydrogen-bond acceptors (Lipinski definition) is 3. The second-order valence-electron chi connectivity index (χ2n) is 4.87. The highest BCUT2D eigenvalue weighted by Gasteiger charge is 2.37. The Bertz CT molecular complexity index is 172. The molecule has 0 unspecified atom stereocenters. The van der Waals surface area contributed by atoms with Crippen LogP contribution in [-0.2, 0) is 0 Å². The maximum Gasteiger partial charge on any atom is 0.0794 e. The second kappa shape index (κ2) is 3.56. The van der Waals surface area contributed by atoms with Crippen molar-refractivity contribution in [1.29, 1.82) is 0 Å². The Hall–Kier alpha value is -0.120. The average Bonchev–Trinajstić information content (AvgIpc) is 1.90. The van der Waals surface area contributed by atoms with E-state index in [0.717, 1.165) is 25.0 Å². The van der Waals surface area contributed by atoms with Gasteiger partial charge in [-0.1, -0.05) is 13.8 Å². The van der Waals surface area contributed by atoms with Crippen molar-refractivity contribution < 1.29 is 5.11 Å². The standard InChI is InChI=1S/C10H20N2O/c1-8(2)3-11-4-9(5-11)12-6-10(13)7-12/h8-10,13H,3-7H2,1-2H3. The van der Waals surface area contributed by atoms with Crippen LogP contribution in [0.1, 0.15) is 13.8 Å². The molecule has 3 nitrogen and oxygen atoms in total. The third kappa shape index (κ3) is 2.03. The lowest BCUT2D eigenvalue weighted by Gasteiger charge is -2.51. The fourth-order valence-corrected chi connectivity index (χ4v) is 2.23. The fraction of sp³-hybridized carbons (Fsp3) is 1.00. The molecule has 1 N–H and O–H groups in total. The maximum absolute atomic E-state index is 9.14. The van der Waals surface area contributed by atoms with Gasteiger partial charge in [0.15, 0.2) is 0 Å². The van der Waals surface area contributed by atoms with Crippen molar-refractivity contribution in [3.05, 3.63) is 0 Å². The van der Waals surface area contributed by atoms with Crippen LogP contribution in [0.25, 0.3) is 0 Å². The van der Waals surface area contributed by atoms with Crippen LogP contribution in [0.5, 0.6) is 0 Å². The summed E-state index contributed by atoms with van der Waals surface area (Å²) >= 11 is 0. The smallest absolute Gasteiger partial charge is 0.0794 e. The molecule has 0 radical (unpaired) electrons. The molecular formula is C10H20N2O. The second-order valence-corrected chi connectivity index (χ2v) is 4.87. The predicted molar refractivity (Wildman–Crippen MR) is 52.6 cm³/mol. The minimum atomic E-state index is -0.0425. The van der Waals surface area contributed by atoms with Crippen molar-refractivity contribution in [2.24, 2.45) is 5.92 Å². The van der Waals surface area contributed by atoms with E-state index in [2.05, 4.69) is 23.6 Å². The summed E-state index contributed by atoms with van der Waals surface area (Å²) in [5, 5.41) is 9.14. The third-order valence-electron chi connectivity index (χ3n) is 2.97. The van der Waals surface area contributed by atoms with Crippen LogP contribution >= 0.6 is 0 Å². The SMILES string of the molecule is CC(C)CN1CC(N2CC(O)C2)C1. The number of hydrogen-bond donors (Lipinski definition) is 1. The first kappa shape index (κ1) is 9.44. The van der Waals surface area contributed by atoms with Crippen molar-refractivity contribution in [3.8, 4) is 0 Å². The van der Waals surface area contributed by atoms with Gasteiger partial charge >= 0.3 is 0 Å². The minimum absolute atomic E-state index is 0.0425. The molecule has 2 heterocycles. The summed E-state index contributed by atoms with van der Waals surface area (Å²) in [5.41, 5.74) is 0. The summed E-state index contributed by atoms with van der Waals surface area (Å²) in [5.74, 6) is 0.780. The highest BCUT2D eigenvalue weighted by molar-refractivity contribution is 4.94. The zero-order chi connectivity index (χ0) is 9.42. The highest BCUT2D eigenvalue weighted by Crippen LogP contribution is 2.21. The number of aliphatic hydroxyl groups is 1. The third-order valence-corrected chi connectivity index (χ3v) is 2.97. The lowest BCUT2D eigenvalue weighted by molar-refractivity contribution is -0.0722. The molecule has 2 fully saturated rings. The largest absolute Gasteiger partial charge is 0.390 e. The number of likely N-dealkylation sites (tertiary alicyclic amines) is 2. The van der Waals surface area contributed by atoms with Crippen molar-refractivity contribution in [3.63, 3.8) is 0 Å². The molecule has 2 rings (SSSR count). The van der Waals surface area contributed by atoms with Gasteiger partial charge in [-0.05, 0) is 5.92 Å². The molecule has 0 bridgehead atoms. The van der Waals surface area contributed by atoms with Gasteiger partial charge in [-0.3, -0.25) is 9.80 Å². The Kier molecular flexibility index (Phi) is 2.58. The lowest BCUT2D eigenvalue weighted by atomic mass is 10.00. The summed E-state index contributed by atoms with van der Waals surface area (Å²) in [4.78, 5) is 4.89. The summed E-state index contributed by atoms with van der Waals surface area (Å²) in [6, 6.07) is 0.738. The van der Waals surface area contributed by atoms with Gasteiger partial charge < -0.3 is 5.11 Å². The molecule has 0 aromatic carbocycles. The van der Waals surface area contributed by atoms with Crippen LogP contribution in [-0.4, -0.2) is 59.8 Å². The number of aliphatic hydroxyl groups excluding tert-OH is 1. The minimum Gasteiger partial charge on any atom is -0.390 e. The Morgan fingerprint density at radius 3 is 2.31 bits per heavy atom. The van der Waals surface area contributed by atoms with Crippen LogP contribution in [0, 0.1) is 5.92 Å². The molecule has 2 aliphatic rings. The Morgan fingerprint density at radius 2 is 1.85 bits per heavy atom. The van der Waals surface area contributed by atoms with Gasteiger partial charge in [0.2, 0.25) is 0 Å². The van der Waals surface area contributed by atoms with Crippen LogP contribution < -0.4 is 0 Å². The monoisotopic (exact) mass is 184 g/mol. The van der Waals surface area contributed by atoms with Crippen molar-refractivity contribution in [2.45, 2.75) is 26.0 Å². The van der Waals surface area contributed by atoms with E-state index in [9.17, 15) is 0 Å². The molecule has 2 saturated heterocycles. The number of nitrogens with zero attached hydrogens (tertiary/aromatic N) is 2. The first-order valence-corrected chi connectivity index (χ1v) is 5.29. The molecule has 0 saturated carbocycles. The number of β-amino-alcohol motifs (C(OH)–C–C–N with tert-alkyl or cyclic N) is 1. The lowest BCUT2D eigenvalue weighted by Crippen LogP contribution is -2.66. The van der Waals surface area contributed by atoms with Crippen LogP contribution in [0.3, 0.4) is 0 Å². The van der Waals surface area contributed by atoms with Crippen molar-refractivity contribution >= 4 is 0 Å². The summed E-state index contributed by atoms with van der Waals surface area (Å²) in [6.07, 6.45) is -0.0425. The van der Waals surface area contributed by atoms with Gasteiger partial charge in [0.25, 0.3) is 0 Å². The van der Waals surface area contributed by atoms with E-state index in [0.29, 0.717) is 0 Å². The highest BCUT2D eigenvalue weighted by atomic mass is 16.3. The first-order chi connectivity index (χ1) is 6.15. The summed E-state index contributed by atoms with van der Waals surface area (Å²) < 4.78 is 0. The molecular weight excluding hydrogens is 164 g/mol. The van der Waals surface area contributed by atoms with Crippen LogP contribution in [0.4, 0.5) is 0 Å².